The molecule has 0 aromatic heterocycles. The number of ether oxygens (including phenoxy) is 1. The van der Waals surface area contributed by atoms with E-state index >= 15 is 0 Å². The van der Waals surface area contributed by atoms with Gasteiger partial charge in [0.15, 0.2) is 0 Å². The molecule has 2 aliphatic heterocycles. The summed E-state index contributed by atoms with van der Waals surface area (Å²) in [6, 6.07) is 0.639. The summed E-state index contributed by atoms with van der Waals surface area (Å²) in [5.74, 6) is 0. The van der Waals surface area contributed by atoms with E-state index in [9.17, 15) is 9.59 Å². The molecule has 3 amide bonds. The van der Waals surface area contributed by atoms with Crippen molar-refractivity contribution in [2.45, 2.75) is 90.1 Å². The van der Waals surface area contributed by atoms with Crippen LogP contribution in [0.2, 0.25) is 0 Å². The minimum Gasteiger partial charge on any atom is -0.444 e. The van der Waals surface area contributed by atoms with Crippen LogP contribution in [0.5, 0.6) is 0 Å². The average Bonchev–Trinajstić information content (AvgIpc) is 2.68. The summed E-state index contributed by atoms with van der Waals surface area (Å²) in [4.78, 5) is 28.2. The van der Waals surface area contributed by atoms with Gasteiger partial charge in [0.05, 0.1) is 0 Å². The summed E-state index contributed by atoms with van der Waals surface area (Å²) in [5.41, 5.74) is -0.471. The SMILES string of the molecule is CC(C)N(C)C(=O)NC1CC2CCC(C1)N2C(=O)OC(C)(C)C. The molecule has 0 aliphatic carbocycles. The Bertz CT molecular complexity index is 444. The van der Waals surface area contributed by atoms with Gasteiger partial charge < -0.3 is 19.9 Å². The largest absolute Gasteiger partial charge is 0.444 e. The standard InChI is InChI=1S/C17H31N3O3/c1-11(2)19(6)15(21)18-12-9-13-7-8-14(10-12)20(13)16(22)23-17(3,4)5/h11-14H,7-10H2,1-6H3,(H,18,21). The number of hydrogen-bond donors (Lipinski definition) is 1. The van der Waals surface area contributed by atoms with Crippen molar-refractivity contribution in [3.05, 3.63) is 0 Å². The number of amides is 3. The zero-order chi connectivity index (χ0) is 17.4. The Balaban J connectivity index is 1.94. The van der Waals surface area contributed by atoms with E-state index in [1.54, 1.807) is 4.90 Å². The fraction of sp³-hybridized carbons (Fsp3) is 0.882. The first-order valence-electron chi connectivity index (χ1n) is 8.63. The maximum absolute atomic E-state index is 12.4. The monoisotopic (exact) mass is 325 g/mol. The minimum absolute atomic E-state index is 0.0323. The molecule has 2 fully saturated rings. The van der Waals surface area contributed by atoms with Crippen molar-refractivity contribution < 1.29 is 14.3 Å². The highest BCUT2D eigenvalue weighted by Crippen LogP contribution is 2.36. The van der Waals surface area contributed by atoms with Crippen molar-refractivity contribution in [2.75, 3.05) is 7.05 Å². The van der Waals surface area contributed by atoms with Gasteiger partial charge in [-0.05, 0) is 60.3 Å². The van der Waals surface area contributed by atoms with Crippen molar-refractivity contribution in [1.82, 2.24) is 15.1 Å². The highest BCUT2D eigenvalue weighted by atomic mass is 16.6. The lowest BCUT2D eigenvalue weighted by Crippen LogP contribution is -2.55. The molecule has 2 bridgehead atoms. The van der Waals surface area contributed by atoms with Crippen LogP contribution in [0, 0.1) is 0 Å². The second-order valence-electron chi connectivity index (χ2n) is 8.10. The van der Waals surface area contributed by atoms with Crippen LogP contribution >= 0.6 is 0 Å². The summed E-state index contributed by atoms with van der Waals surface area (Å²) in [5, 5.41) is 3.12. The van der Waals surface area contributed by atoms with Crippen LogP contribution in [-0.2, 0) is 4.74 Å². The van der Waals surface area contributed by atoms with Crippen LogP contribution in [0.3, 0.4) is 0 Å². The third-order valence-electron chi connectivity index (χ3n) is 4.76. The molecular weight excluding hydrogens is 294 g/mol. The maximum atomic E-state index is 12.4. The molecule has 0 aromatic rings. The van der Waals surface area contributed by atoms with Gasteiger partial charge in [0, 0.05) is 31.2 Å². The Hall–Kier alpha value is -1.46. The van der Waals surface area contributed by atoms with Crippen LogP contribution in [0.4, 0.5) is 9.59 Å². The van der Waals surface area contributed by atoms with Gasteiger partial charge in [0.1, 0.15) is 5.60 Å². The number of carbonyl (C=O) groups excluding carboxylic acids is 2. The molecule has 132 valence electrons. The van der Waals surface area contributed by atoms with E-state index in [1.165, 1.54) is 0 Å². The average molecular weight is 325 g/mol. The topological polar surface area (TPSA) is 61.9 Å². The number of hydrogen-bond acceptors (Lipinski definition) is 3. The number of nitrogens with zero attached hydrogens (tertiary/aromatic N) is 2. The van der Waals surface area contributed by atoms with Crippen molar-refractivity contribution in [3.8, 4) is 0 Å². The molecule has 2 rings (SSSR count). The first-order chi connectivity index (χ1) is 10.6. The molecule has 1 N–H and O–H groups in total. The normalized spacial score (nSPS) is 27.1. The van der Waals surface area contributed by atoms with Crippen LogP contribution < -0.4 is 5.32 Å². The first-order valence-corrected chi connectivity index (χ1v) is 8.63. The molecule has 6 nitrogen and oxygen atoms in total. The summed E-state index contributed by atoms with van der Waals surface area (Å²) < 4.78 is 5.54. The fourth-order valence-electron chi connectivity index (χ4n) is 3.42. The van der Waals surface area contributed by atoms with Crippen molar-refractivity contribution >= 4 is 12.1 Å². The lowest BCUT2D eigenvalue weighted by Gasteiger charge is -2.40. The number of urea groups is 1. The minimum atomic E-state index is -0.471. The number of fused-ring (bicyclic) bond motifs is 2. The number of carbonyl (C=O) groups is 2. The Morgan fingerprint density at radius 2 is 1.70 bits per heavy atom. The van der Waals surface area contributed by atoms with Gasteiger partial charge in [-0.2, -0.15) is 0 Å². The summed E-state index contributed by atoms with van der Waals surface area (Å²) in [6.07, 6.45) is 3.40. The van der Waals surface area contributed by atoms with E-state index < -0.39 is 5.60 Å². The third kappa shape index (κ3) is 4.30. The molecule has 2 saturated heterocycles. The number of rotatable bonds is 2. The van der Waals surface area contributed by atoms with Crippen LogP contribution in [-0.4, -0.2) is 58.7 Å². The lowest BCUT2D eigenvalue weighted by atomic mass is 9.98. The molecule has 2 heterocycles. The highest BCUT2D eigenvalue weighted by Gasteiger charge is 2.45. The van der Waals surface area contributed by atoms with E-state index in [0.717, 1.165) is 25.7 Å². The molecule has 0 saturated carbocycles. The molecule has 6 heteroatoms. The Morgan fingerprint density at radius 1 is 1.17 bits per heavy atom. The maximum Gasteiger partial charge on any atom is 0.410 e. The zero-order valence-electron chi connectivity index (χ0n) is 15.3. The zero-order valence-corrected chi connectivity index (χ0v) is 15.3. The van der Waals surface area contributed by atoms with Crippen molar-refractivity contribution in [1.29, 1.82) is 0 Å². The number of nitrogens with one attached hydrogen (secondary N) is 1. The molecule has 2 unspecified atom stereocenters. The fourth-order valence-corrected chi connectivity index (χ4v) is 3.42. The van der Waals surface area contributed by atoms with Gasteiger partial charge in [-0.15, -0.1) is 0 Å². The summed E-state index contributed by atoms with van der Waals surface area (Å²) in [6.45, 7) is 9.66. The van der Waals surface area contributed by atoms with Crippen molar-refractivity contribution in [2.24, 2.45) is 0 Å². The van der Waals surface area contributed by atoms with Gasteiger partial charge in [-0.25, -0.2) is 9.59 Å². The van der Waals surface area contributed by atoms with Crippen LogP contribution in [0.25, 0.3) is 0 Å². The lowest BCUT2D eigenvalue weighted by molar-refractivity contribution is 0.00510. The van der Waals surface area contributed by atoms with Gasteiger partial charge in [0.2, 0.25) is 0 Å². The first kappa shape index (κ1) is 17.9. The second kappa shape index (κ2) is 6.57. The van der Waals surface area contributed by atoms with E-state index in [0.29, 0.717) is 0 Å². The Morgan fingerprint density at radius 3 is 2.13 bits per heavy atom. The predicted molar refractivity (Wildman–Crippen MR) is 89.3 cm³/mol. The summed E-state index contributed by atoms with van der Waals surface area (Å²) in [7, 11) is 1.81. The van der Waals surface area contributed by atoms with Crippen molar-refractivity contribution in [3.63, 3.8) is 0 Å². The van der Waals surface area contributed by atoms with Crippen LogP contribution in [0.1, 0.15) is 60.3 Å². The van der Waals surface area contributed by atoms with E-state index in [4.69, 9.17) is 4.74 Å². The number of piperidine rings is 1. The van der Waals surface area contributed by atoms with Gasteiger partial charge in [0.25, 0.3) is 0 Å². The molecule has 0 radical (unpaired) electrons. The Labute approximate surface area is 139 Å². The predicted octanol–water partition coefficient (Wildman–Crippen LogP) is 2.97. The van der Waals surface area contributed by atoms with E-state index in [-0.39, 0.29) is 36.3 Å². The quantitative estimate of drug-likeness (QED) is 0.849. The highest BCUT2D eigenvalue weighted by molar-refractivity contribution is 5.74. The molecular formula is C17H31N3O3. The van der Waals surface area contributed by atoms with Gasteiger partial charge >= 0.3 is 12.1 Å². The molecule has 2 aliphatic rings. The molecule has 23 heavy (non-hydrogen) atoms. The van der Waals surface area contributed by atoms with E-state index in [2.05, 4.69) is 5.32 Å². The molecule has 0 aromatic carbocycles. The molecule has 2 atom stereocenters. The smallest absolute Gasteiger partial charge is 0.410 e. The van der Waals surface area contributed by atoms with Crippen LogP contribution in [0.15, 0.2) is 0 Å². The molecule has 0 spiro atoms. The van der Waals surface area contributed by atoms with Gasteiger partial charge in [-0.1, -0.05) is 0 Å². The Kier molecular flexibility index (Phi) is 5.11. The second-order valence-corrected chi connectivity index (χ2v) is 8.10. The summed E-state index contributed by atoms with van der Waals surface area (Å²) >= 11 is 0. The van der Waals surface area contributed by atoms with E-state index in [1.807, 2.05) is 46.6 Å². The van der Waals surface area contributed by atoms with Gasteiger partial charge in [-0.3, -0.25) is 0 Å². The third-order valence-corrected chi connectivity index (χ3v) is 4.76.